The number of anilines is 1. The van der Waals surface area contributed by atoms with Crippen LogP contribution in [0.25, 0.3) is 16.6 Å². The monoisotopic (exact) mass is 469 g/mol. The Hall–Kier alpha value is -2.71. The maximum Gasteiger partial charge on any atom is 0.229 e. The van der Waals surface area contributed by atoms with E-state index in [-0.39, 0.29) is 21.6 Å². The van der Waals surface area contributed by atoms with E-state index >= 15 is 0 Å². The fraction of sp³-hybridized carbons (Fsp3) is 0.348. The molecule has 1 aliphatic carbocycles. The van der Waals surface area contributed by atoms with Crippen molar-refractivity contribution in [2.45, 2.75) is 61.9 Å². The van der Waals surface area contributed by atoms with Crippen molar-refractivity contribution in [3.63, 3.8) is 0 Å². The van der Waals surface area contributed by atoms with Gasteiger partial charge in [0, 0.05) is 16.5 Å². The summed E-state index contributed by atoms with van der Waals surface area (Å²) in [4.78, 5) is 4.90. The summed E-state index contributed by atoms with van der Waals surface area (Å²) in [5, 5.41) is 13.0. The number of hydrogen-bond acceptors (Lipinski definition) is 6. The predicted octanol–water partition coefficient (Wildman–Crippen LogP) is 5.13. The van der Waals surface area contributed by atoms with Gasteiger partial charge in [-0.1, -0.05) is 42.1 Å². The second kappa shape index (κ2) is 8.01. The number of aromatic nitrogens is 4. The fourth-order valence-electron chi connectivity index (χ4n) is 4.29. The number of nitrogens with zero attached hydrogens (tertiary/aromatic N) is 4. The highest BCUT2D eigenvalue weighted by atomic mass is 35.5. The van der Waals surface area contributed by atoms with E-state index in [9.17, 15) is 8.42 Å². The minimum Gasteiger partial charge on any atom is -0.367 e. The van der Waals surface area contributed by atoms with Gasteiger partial charge in [-0.15, -0.1) is 5.10 Å². The molecule has 0 unspecified atom stereocenters. The van der Waals surface area contributed by atoms with Crippen molar-refractivity contribution in [2.75, 3.05) is 5.32 Å². The van der Waals surface area contributed by atoms with E-state index < -0.39 is 9.84 Å². The summed E-state index contributed by atoms with van der Waals surface area (Å²) in [6.07, 6.45) is 5.68. The largest absolute Gasteiger partial charge is 0.367 e. The van der Waals surface area contributed by atoms with Crippen LogP contribution in [0.1, 0.15) is 43.2 Å². The van der Waals surface area contributed by atoms with Gasteiger partial charge in [0.05, 0.1) is 10.4 Å². The first kappa shape index (κ1) is 21.2. The molecule has 0 aliphatic heterocycles. The van der Waals surface area contributed by atoms with Gasteiger partial charge in [0.2, 0.25) is 14.9 Å². The highest BCUT2D eigenvalue weighted by molar-refractivity contribution is 7.91. The molecule has 0 radical (unpaired) electrons. The zero-order valence-electron chi connectivity index (χ0n) is 18.0. The molecule has 2 aromatic heterocycles. The molecular weight excluding hydrogens is 446 g/mol. The Bertz CT molecular complexity index is 1440. The second-order valence-electron chi connectivity index (χ2n) is 8.48. The molecule has 1 saturated carbocycles. The summed E-state index contributed by atoms with van der Waals surface area (Å²) >= 11 is 6.27. The molecule has 1 fully saturated rings. The van der Waals surface area contributed by atoms with Crippen LogP contribution in [-0.4, -0.2) is 34.3 Å². The number of benzene rings is 2. The number of rotatable bonds is 4. The van der Waals surface area contributed by atoms with E-state index in [4.69, 9.17) is 16.6 Å². The molecule has 0 atom stereocenters. The van der Waals surface area contributed by atoms with Crippen LogP contribution in [0.4, 0.5) is 5.82 Å². The minimum absolute atomic E-state index is 0.149. The van der Waals surface area contributed by atoms with Gasteiger partial charge in [-0.2, -0.15) is 4.52 Å². The molecule has 166 valence electrons. The predicted molar refractivity (Wildman–Crippen MR) is 125 cm³/mol. The maximum atomic E-state index is 13.5. The fourth-order valence-corrected chi connectivity index (χ4v) is 5.78. The van der Waals surface area contributed by atoms with Crippen molar-refractivity contribution < 1.29 is 8.42 Å². The van der Waals surface area contributed by atoms with Gasteiger partial charge in [0.15, 0.2) is 5.65 Å². The van der Waals surface area contributed by atoms with Crippen molar-refractivity contribution >= 4 is 43.8 Å². The summed E-state index contributed by atoms with van der Waals surface area (Å²) in [6, 6.07) is 10.8. The third-order valence-corrected chi connectivity index (χ3v) is 8.15. The van der Waals surface area contributed by atoms with Crippen LogP contribution in [0.15, 0.2) is 46.3 Å². The van der Waals surface area contributed by atoms with Gasteiger partial charge in [0.25, 0.3) is 0 Å². The lowest BCUT2D eigenvalue weighted by Crippen LogP contribution is -2.23. The van der Waals surface area contributed by atoms with Gasteiger partial charge in [-0.3, -0.25) is 0 Å². The van der Waals surface area contributed by atoms with Crippen LogP contribution in [0.3, 0.4) is 0 Å². The molecule has 0 saturated heterocycles. The molecule has 2 aromatic carbocycles. The lowest BCUT2D eigenvalue weighted by molar-refractivity contribution is 0.462. The topological polar surface area (TPSA) is 89.2 Å². The van der Waals surface area contributed by atoms with Crippen molar-refractivity contribution in [1.29, 1.82) is 0 Å². The van der Waals surface area contributed by atoms with Gasteiger partial charge in [-0.25, -0.2) is 13.4 Å². The Kier molecular flexibility index (Phi) is 5.29. The molecule has 32 heavy (non-hydrogen) atoms. The highest BCUT2D eigenvalue weighted by Crippen LogP contribution is 2.31. The third-order valence-electron chi connectivity index (χ3n) is 6.27. The Balaban J connectivity index is 1.71. The Labute approximate surface area is 191 Å². The van der Waals surface area contributed by atoms with Crippen molar-refractivity contribution in [2.24, 2.45) is 0 Å². The first-order valence-corrected chi connectivity index (χ1v) is 12.6. The summed E-state index contributed by atoms with van der Waals surface area (Å²) in [5.41, 5.74) is 2.83. The molecule has 2 heterocycles. The van der Waals surface area contributed by atoms with Gasteiger partial charge in [0.1, 0.15) is 5.82 Å². The van der Waals surface area contributed by atoms with E-state index in [0.29, 0.717) is 16.4 Å². The van der Waals surface area contributed by atoms with Crippen LogP contribution in [0.2, 0.25) is 5.02 Å². The molecule has 5 rings (SSSR count). The number of fused-ring (bicyclic) bond motifs is 3. The molecule has 0 bridgehead atoms. The number of sulfone groups is 1. The van der Waals surface area contributed by atoms with E-state index in [2.05, 4.69) is 15.6 Å². The average molecular weight is 470 g/mol. The Morgan fingerprint density at radius 3 is 2.56 bits per heavy atom. The molecular formula is C23H24ClN5O2S. The minimum atomic E-state index is -3.90. The second-order valence-corrected chi connectivity index (χ2v) is 10.8. The standard InChI is InChI=1S/C23H24ClN5O2S/c1-14-8-10-18(12-15(14)2)32(30,31)23-22-26-21(25-17-6-4-3-5-7-17)19-13-16(24)9-11-20(19)29(22)28-27-23/h8-13,17H,3-7H2,1-2H3,(H,25,26). The lowest BCUT2D eigenvalue weighted by atomic mass is 9.95. The smallest absolute Gasteiger partial charge is 0.229 e. The number of aryl methyl sites for hydroxylation is 2. The van der Waals surface area contributed by atoms with Crippen molar-refractivity contribution in [1.82, 2.24) is 19.8 Å². The Morgan fingerprint density at radius 1 is 1.03 bits per heavy atom. The van der Waals surface area contributed by atoms with E-state index in [1.54, 1.807) is 24.3 Å². The summed E-state index contributed by atoms with van der Waals surface area (Å²) in [5.74, 6) is 0.612. The molecule has 4 aromatic rings. The molecule has 1 aliphatic rings. The van der Waals surface area contributed by atoms with Gasteiger partial charge < -0.3 is 5.32 Å². The van der Waals surface area contributed by atoms with Crippen molar-refractivity contribution in [3.8, 4) is 0 Å². The zero-order valence-corrected chi connectivity index (χ0v) is 19.5. The lowest BCUT2D eigenvalue weighted by Gasteiger charge is -2.24. The SMILES string of the molecule is Cc1ccc(S(=O)(=O)c2nnn3c2nc(NC2CCCCC2)c2cc(Cl)ccc23)cc1C. The first-order valence-electron chi connectivity index (χ1n) is 10.8. The Morgan fingerprint density at radius 2 is 1.81 bits per heavy atom. The van der Waals surface area contributed by atoms with Gasteiger partial charge >= 0.3 is 0 Å². The van der Waals surface area contributed by atoms with Gasteiger partial charge in [-0.05, 0) is 68.1 Å². The molecule has 0 spiro atoms. The number of halogens is 1. The highest BCUT2D eigenvalue weighted by Gasteiger charge is 2.28. The summed E-state index contributed by atoms with van der Waals surface area (Å²) < 4.78 is 28.4. The number of hydrogen-bond donors (Lipinski definition) is 1. The van der Waals surface area contributed by atoms with Crippen LogP contribution in [0, 0.1) is 13.8 Å². The maximum absolute atomic E-state index is 13.5. The summed E-state index contributed by atoms with van der Waals surface area (Å²) in [6.45, 7) is 3.83. The van der Waals surface area contributed by atoms with Crippen LogP contribution in [0.5, 0.6) is 0 Å². The van der Waals surface area contributed by atoms with Crippen LogP contribution in [-0.2, 0) is 9.84 Å². The molecule has 1 N–H and O–H groups in total. The molecule has 9 heteroatoms. The average Bonchev–Trinajstić information content (AvgIpc) is 3.21. The van der Waals surface area contributed by atoms with Crippen LogP contribution < -0.4 is 5.32 Å². The number of nitrogens with one attached hydrogen (secondary N) is 1. The quantitative estimate of drug-likeness (QED) is 0.446. The zero-order chi connectivity index (χ0) is 22.5. The van der Waals surface area contributed by atoms with Crippen molar-refractivity contribution in [3.05, 3.63) is 52.5 Å². The van der Waals surface area contributed by atoms with Crippen LogP contribution >= 0.6 is 11.6 Å². The molecule has 0 amide bonds. The van der Waals surface area contributed by atoms with E-state index in [1.807, 2.05) is 26.0 Å². The first-order chi connectivity index (χ1) is 15.3. The molecule has 7 nitrogen and oxygen atoms in total. The summed E-state index contributed by atoms with van der Waals surface area (Å²) in [7, 11) is -3.90. The third kappa shape index (κ3) is 3.61. The van der Waals surface area contributed by atoms with E-state index in [1.165, 1.54) is 23.8 Å². The van der Waals surface area contributed by atoms with E-state index in [0.717, 1.165) is 29.4 Å². The normalized spacial score (nSPS) is 15.5.